The molecule has 0 amide bonds. The number of carbonyl (C=O) groups is 4. The van der Waals surface area contributed by atoms with Crippen LogP contribution >= 0.6 is 0 Å². The molecule has 2 saturated carbocycles. The molecular formula is C52H66F2N4O16. The van der Waals surface area contributed by atoms with Crippen LogP contribution in [0.1, 0.15) is 123 Å². The summed E-state index contributed by atoms with van der Waals surface area (Å²) in [6, 6.07) is 10.4. The third kappa shape index (κ3) is 12.9. The minimum absolute atomic E-state index is 0.145. The molecule has 74 heavy (non-hydrogen) atoms. The van der Waals surface area contributed by atoms with E-state index in [-0.39, 0.29) is 48.5 Å². The van der Waals surface area contributed by atoms with Gasteiger partial charge in [-0.2, -0.15) is 0 Å². The Hall–Kier alpha value is -6.04. The lowest BCUT2D eigenvalue weighted by Gasteiger charge is -2.43. The predicted octanol–water partition coefficient (Wildman–Crippen LogP) is 4.55. The molecule has 8 rings (SSSR count). The molecule has 2 aliphatic heterocycles. The van der Waals surface area contributed by atoms with Gasteiger partial charge in [-0.3, -0.25) is 28.5 Å². The Balaban J connectivity index is 0.000000227. The van der Waals surface area contributed by atoms with E-state index >= 15 is 0 Å². The van der Waals surface area contributed by atoms with Crippen molar-refractivity contribution in [2.45, 2.75) is 180 Å². The van der Waals surface area contributed by atoms with Crippen LogP contribution < -0.4 is 9.47 Å². The zero-order valence-electron chi connectivity index (χ0n) is 42.7. The average Bonchev–Trinajstić information content (AvgIpc) is 3.75. The molecule has 4 aromatic rings. The molecule has 2 aliphatic carbocycles. The molecule has 0 spiro atoms. The number of aromatic nitrogens is 4. The van der Waals surface area contributed by atoms with E-state index in [0.717, 1.165) is 81.8 Å². The van der Waals surface area contributed by atoms with E-state index < -0.39 is 91.9 Å². The van der Waals surface area contributed by atoms with Crippen LogP contribution in [0.25, 0.3) is 0 Å². The number of hydrogen-bond acceptors (Lipinski definition) is 18. The Labute approximate surface area is 426 Å². The van der Waals surface area contributed by atoms with Gasteiger partial charge in [-0.05, 0) is 101 Å². The summed E-state index contributed by atoms with van der Waals surface area (Å²) in [6.45, 7) is 10.9. The van der Waals surface area contributed by atoms with Crippen LogP contribution in [-0.4, -0.2) is 138 Å². The van der Waals surface area contributed by atoms with Gasteiger partial charge in [0, 0.05) is 63.1 Å². The van der Waals surface area contributed by atoms with E-state index in [2.05, 4.69) is 5.10 Å². The van der Waals surface area contributed by atoms with Gasteiger partial charge < -0.3 is 58.3 Å². The highest BCUT2D eigenvalue weighted by molar-refractivity contribution is 5.69. The molecule has 0 unspecified atom stereocenters. The van der Waals surface area contributed by atoms with E-state index in [0.29, 0.717) is 28.7 Å². The molecule has 4 fully saturated rings. The number of carbonyl (C=O) groups excluding carboxylic acids is 4. The highest BCUT2D eigenvalue weighted by atomic mass is 19.1. The molecule has 2 aromatic heterocycles. The first-order chi connectivity index (χ1) is 35.1. The van der Waals surface area contributed by atoms with Crippen LogP contribution in [0.15, 0.2) is 36.4 Å². The van der Waals surface area contributed by atoms with Gasteiger partial charge in [0.05, 0.1) is 18.7 Å². The molecule has 2 aromatic carbocycles. The van der Waals surface area contributed by atoms with Gasteiger partial charge in [0.2, 0.25) is 30.4 Å². The average molecular weight is 1040 g/mol. The van der Waals surface area contributed by atoms with E-state index in [1.807, 2.05) is 35.3 Å². The van der Waals surface area contributed by atoms with E-state index in [9.17, 15) is 48.4 Å². The lowest BCUT2D eigenvalue weighted by atomic mass is 9.93. The van der Waals surface area contributed by atoms with Crippen LogP contribution in [0.2, 0.25) is 0 Å². The minimum Gasteiger partial charge on any atom is -0.463 e. The Morgan fingerprint density at radius 3 is 1.47 bits per heavy atom. The number of esters is 4. The van der Waals surface area contributed by atoms with Crippen LogP contribution in [0, 0.1) is 39.3 Å². The molecule has 4 aliphatic rings. The summed E-state index contributed by atoms with van der Waals surface area (Å²) in [6.07, 6.45) is -6.97. The second-order valence-electron chi connectivity index (χ2n) is 19.3. The van der Waals surface area contributed by atoms with Crippen LogP contribution in [0.3, 0.4) is 0 Å². The Bertz CT molecular complexity index is 2650. The topological polar surface area (TPSA) is 259 Å². The van der Waals surface area contributed by atoms with Crippen molar-refractivity contribution >= 4 is 23.9 Å². The normalized spacial score (nSPS) is 25.9. The minimum atomic E-state index is -1.54. The zero-order valence-corrected chi connectivity index (χ0v) is 42.7. The summed E-state index contributed by atoms with van der Waals surface area (Å²) >= 11 is 0. The maximum absolute atomic E-state index is 14.4. The maximum Gasteiger partial charge on any atom is 0.303 e. The second-order valence-corrected chi connectivity index (χ2v) is 19.3. The third-order valence-corrected chi connectivity index (χ3v) is 13.8. The smallest absolute Gasteiger partial charge is 0.303 e. The predicted molar refractivity (Wildman–Crippen MR) is 255 cm³/mol. The van der Waals surface area contributed by atoms with Gasteiger partial charge in [0.1, 0.15) is 48.8 Å². The molecular weight excluding hydrogens is 975 g/mol. The molecule has 4 heterocycles. The highest BCUT2D eigenvalue weighted by Crippen LogP contribution is 2.39. The van der Waals surface area contributed by atoms with Crippen molar-refractivity contribution in [3.05, 3.63) is 92.8 Å². The number of aliphatic hydroxyl groups is 4. The summed E-state index contributed by atoms with van der Waals surface area (Å²) in [4.78, 5) is 48.1. The number of rotatable bonds is 16. The van der Waals surface area contributed by atoms with Crippen molar-refractivity contribution in [1.82, 2.24) is 19.6 Å². The van der Waals surface area contributed by atoms with Crippen molar-refractivity contribution in [2.75, 3.05) is 13.2 Å². The number of halogens is 2. The van der Waals surface area contributed by atoms with E-state index in [1.54, 1.807) is 26.0 Å². The van der Waals surface area contributed by atoms with Crippen molar-refractivity contribution in [3.8, 4) is 11.8 Å². The number of benzene rings is 2. The fourth-order valence-electron chi connectivity index (χ4n) is 9.19. The Morgan fingerprint density at radius 1 is 0.608 bits per heavy atom. The molecule has 0 bridgehead atoms. The number of ether oxygens (including phenoxy) is 8. The molecule has 22 heteroatoms. The van der Waals surface area contributed by atoms with Gasteiger partial charge in [-0.1, -0.05) is 24.3 Å². The van der Waals surface area contributed by atoms with Gasteiger partial charge in [-0.25, -0.2) is 8.78 Å². The molecule has 20 nitrogen and oxygen atoms in total. The fraction of sp³-hybridized carbons (Fsp3) is 0.577. The van der Waals surface area contributed by atoms with Gasteiger partial charge in [0.15, 0.2) is 12.2 Å². The fourth-order valence-corrected chi connectivity index (χ4v) is 9.19. The van der Waals surface area contributed by atoms with Crippen molar-refractivity contribution < 1.29 is 86.3 Å². The number of hydrogen-bond donors (Lipinski definition) is 4. The van der Waals surface area contributed by atoms with E-state index in [4.69, 9.17) is 43.0 Å². The molecule has 0 radical (unpaired) electrons. The SMILES string of the molecule is CC(=O)OC[C@H]1O[C@@H](Oc2nn(C3CCC3)c(C)c2Cc2ccc(C)c(F)c2)[C@H](OC(C)=O)[C@@H](OC(C)=O)[C@@H]1OC(C)=O.Cc1ccc(Cc2c(O[C@@H]3O[C@H](CO)[C@@H](O)[C@H](O)[C@H]3O)nn(C3CCC3)c2C)cc1F. The number of aryl methyl sites for hydroxylation is 2. The first-order valence-electron chi connectivity index (χ1n) is 24.7. The molecule has 4 N–H and O–H groups in total. The lowest BCUT2D eigenvalue weighted by molar-refractivity contribution is -0.289. The monoisotopic (exact) mass is 1040 g/mol. The summed E-state index contributed by atoms with van der Waals surface area (Å²) in [5, 5.41) is 49.1. The molecule has 2 saturated heterocycles. The number of aliphatic hydroxyl groups excluding tert-OH is 4. The summed E-state index contributed by atoms with van der Waals surface area (Å²) in [5.74, 6) is -3.13. The standard InChI is InChI=1S/C30H37FN2O10.C22H29FN2O6/c1-15-10-11-21(13-24(15)31)12-23-16(2)33(22-8-7-9-22)32-29(23)43-30-28(41-20(6)37)27(40-19(5)36)26(39-18(4)35)25(42-30)14-38-17(3)34;1-11-6-7-13(9-16(11)23)8-15-12(2)25(14-4-3-5-14)24-21(15)31-22-20(29)19(28)18(27)17(10-26)30-22/h10-11,13,22,25-28,30H,7-9,12,14H2,1-6H3;6-7,9,14,17-20,22,26-29H,3-5,8,10H2,1-2H3/t25-,26-,27+,28-,30+;17-,18-,19+,20-,22+/m11/s1. The summed E-state index contributed by atoms with van der Waals surface area (Å²) in [7, 11) is 0. The highest BCUT2D eigenvalue weighted by Gasteiger charge is 2.54. The first-order valence-corrected chi connectivity index (χ1v) is 24.7. The van der Waals surface area contributed by atoms with Gasteiger partial charge in [-0.15, -0.1) is 10.2 Å². The van der Waals surface area contributed by atoms with Crippen molar-refractivity contribution in [2.24, 2.45) is 0 Å². The van der Waals surface area contributed by atoms with Gasteiger partial charge >= 0.3 is 23.9 Å². The summed E-state index contributed by atoms with van der Waals surface area (Å²) in [5.41, 5.74) is 5.58. The molecule has 404 valence electrons. The molecule has 10 atom stereocenters. The van der Waals surface area contributed by atoms with Crippen LogP contribution in [0.5, 0.6) is 11.8 Å². The first kappa shape index (κ1) is 55.7. The van der Waals surface area contributed by atoms with Crippen molar-refractivity contribution in [3.63, 3.8) is 0 Å². The second kappa shape index (κ2) is 24.1. The zero-order chi connectivity index (χ0) is 53.7. The lowest BCUT2D eigenvalue weighted by Crippen LogP contribution is -2.63. The Kier molecular flexibility index (Phi) is 18.1. The van der Waals surface area contributed by atoms with Crippen molar-refractivity contribution in [1.29, 1.82) is 0 Å². The largest absolute Gasteiger partial charge is 0.463 e. The van der Waals surface area contributed by atoms with E-state index in [1.165, 1.54) is 19.1 Å². The summed E-state index contributed by atoms with van der Waals surface area (Å²) < 4.78 is 77.7. The maximum atomic E-state index is 14.4. The Morgan fingerprint density at radius 2 is 1.05 bits per heavy atom. The van der Waals surface area contributed by atoms with Crippen LogP contribution in [0.4, 0.5) is 8.78 Å². The third-order valence-electron chi connectivity index (χ3n) is 13.8. The van der Waals surface area contributed by atoms with Gasteiger partial charge in [0.25, 0.3) is 0 Å². The number of nitrogens with zero attached hydrogens (tertiary/aromatic N) is 4. The quantitative estimate of drug-likeness (QED) is 0.0886. The van der Waals surface area contributed by atoms with Crippen LogP contribution in [-0.2, 0) is 60.4 Å².